The highest BCUT2D eigenvalue weighted by Gasteiger charge is 2.30. The summed E-state index contributed by atoms with van der Waals surface area (Å²) in [6.45, 7) is 2.29. The highest BCUT2D eigenvalue weighted by atomic mass is 32.2. The number of amides is 1. The number of nitrogens with two attached hydrogens (primary N) is 1. The van der Waals surface area contributed by atoms with E-state index >= 15 is 0 Å². The van der Waals surface area contributed by atoms with Crippen molar-refractivity contribution in [3.8, 4) is 0 Å². The van der Waals surface area contributed by atoms with E-state index in [1.807, 2.05) is 53.4 Å². The summed E-state index contributed by atoms with van der Waals surface area (Å²) in [4.78, 5) is 15.3. The lowest BCUT2D eigenvalue weighted by molar-refractivity contribution is -0.134. The number of hydrogen-bond donors (Lipinski definition) is 1. The van der Waals surface area contributed by atoms with Crippen LogP contribution >= 0.6 is 11.8 Å². The molecule has 33 heavy (non-hydrogen) atoms. The van der Waals surface area contributed by atoms with Crippen LogP contribution < -0.4 is 5.84 Å². The quantitative estimate of drug-likeness (QED) is 0.351. The van der Waals surface area contributed by atoms with E-state index in [1.54, 1.807) is 0 Å². The minimum Gasteiger partial charge on any atom is -0.378 e. The smallest absolute Gasteiger partial charge is 0.240 e. The van der Waals surface area contributed by atoms with E-state index in [0.29, 0.717) is 43.7 Å². The van der Waals surface area contributed by atoms with Crippen molar-refractivity contribution in [1.29, 1.82) is 0 Å². The van der Waals surface area contributed by atoms with Crippen LogP contribution in [0.3, 0.4) is 0 Å². The number of nitrogen functional groups attached to an aromatic ring is 1. The van der Waals surface area contributed by atoms with Gasteiger partial charge in [0.15, 0.2) is 5.82 Å². The maximum Gasteiger partial charge on any atom is 0.240 e. The number of rotatable bonds is 6. The molecule has 1 amide bonds. The molecule has 1 aromatic heterocycles. The number of morpholine rings is 1. The molecule has 0 aliphatic carbocycles. The molecule has 1 fully saturated rings. The number of thioether (sulfide) groups is 1. The second-order valence-corrected chi connectivity index (χ2v) is 9.00. The van der Waals surface area contributed by atoms with E-state index in [4.69, 9.17) is 10.6 Å². The molecule has 3 aromatic carbocycles. The molecule has 4 aromatic rings. The molecule has 8 heteroatoms. The number of fused-ring (bicyclic) bond motifs is 1. The molecule has 0 bridgehead atoms. The summed E-state index contributed by atoms with van der Waals surface area (Å²) in [6, 6.07) is 24.2. The van der Waals surface area contributed by atoms with Crippen LogP contribution in [0, 0.1) is 0 Å². The topological polar surface area (TPSA) is 86.3 Å². The van der Waals surface area contributed by atoms with Crippen LogP contribution in [0.4, 0.5) is 0 Å². The lowest BCUT2D eigenvalue weighted by Gasteiger charge is -2.30. The number of ether oxygens (including phenoxy) is 1. The maximum atomic E-state index is 13.4. The number of nitrogens with zero attached hydrogens (tertiary/aromatic N) is 4. The van der Waals surface area contributed by atoms with Crippen molar-refractivity contribution in [1.82, 2.24) is 19.8 Å². The molecule has 1 aliphatic heterocycles. The molecular weight excluding hydrogens is 434 g/mol. The first-order valence-electron chi connectivity index (χ1n) is 10.9. The highest BCUT2D eigenvalue weighted by Crippen LogP contribution is 2.36. The van der Waals surface area contributed by atoms with E-state index in [1.165, 1.54) is 27.2 Å². The van der Waals surface area contributed by atoms with Crippen molar-refractivity contribution in [3.63, 3.8) is 0 Å². The Balaban J connectivity index is 1.41. The first-order valence-corrected chi connectivity index (χ1v) is 11.8. The monoisotopic (exact) mass is 459 g/mol. The molecule has 2 N–H and O–H groups in total. The largest absolute Gasteiger partial charge is 0.378 e. The predicted octanol–water partition coefficient (Wildman–Crippen LogP) is 3.43. The average Bonchev–Trinajstić information content (AvgIpc) is 3.22. The van der Waals surface area contributed by atoms with Gasteiger partial charge < -0.3 is 15.5 Å². The van der Waals surface area contributed by atoms with Gasteiger partial charge in [0.2, 0.25) is 11.1 Å². The summed E-state index contributed by atoms with van der Waals surface area (Å²) in [7, 11) is 0. The number of aromatic nitrogens is 3. The van der Waals surface area contributed by atoms with Crippen LogP contribution in [0.1, 0.15) is 22.2 Å². The zero-order chi connectivity index (χ0) is 22.6. The van der Waals surface area contributed by atoms with Gasteiger partial charge in [-0.2, -0.15) is 0 Å². The zero-order valence-corrected chi connectivity index (χ0v) is 18.9. The van der Waals surface area contributed by atoms with Gasteiger partial charge in [0.1, 0.15) is 5.25 Å². The Hall–Kier alpha value is -3.36. The van der Waals surface area contributed by atoms with Crippen LogP contribution in [0.15, 0.2) is 78.0 Å². The summed E-state index contributed by atoms with van der Waals surface area (Å²) in [5, 5.41) is 11.1. The van der Waals surface area contributed by atoms with Gasteiger partial charge >= 0.3 is 0 Å². The number of hydrogen-bond acceptors (Lipinski definition) is 6. The summed E-state index contributed by atoms with van der Waals surface area (Å²) >= 11 is 1.34. The molecular formula is C25H25N5O2S. The Bertz CT molecular complexity index is 1250. The van der Waals surface area contributed by atoms with Crippen LogP contribution in [-0.2, 0) is 16.0 Å². The van der Waals surface area contributed by atoms with E-state index in [-0.39, 0.29) is 5.91 Å². The number of carbonyl (C=O) groups is 1. The highest BCUT2D eigenvalue weighted by molar-refractivity contribution is 8.00. The lowest BCUT2D eigenvalue weighted by atomic mass is 10.0. The number of carbonyl (C=O) groups excluding carboxylic acids is 1. The minimum atomic E-state index is -0.457. The Morgan fingerprint density at radius 1 is 0.970 bits per heavy atom. The van der Waals surface area contributed by atoms with Gasteiger partial charge in [0, 0.05) is 19.5 Å². The Morgan fingerprint density at radius 3 is 2.52 bits per heavy atom. The first kappa shape index (κ1) is 21.5. The van der Waals surface area contributed by atoms with E-state index in [9.17, 15) is 4.79 Å². The maximum absolute atomic E-state index is 13.4. The normalized spacial score (nSPS) is 15.0. The molecule has 168 valence electrons. The van der Waals surface area contributed by atoms with Crippen molar-refractivity contribution in [2.45, 2.75) is 16.8 Å². The average molecular weight is 460 g/mol. The van der Waals surface area contributed by atoms with Crippen LogP contribution in [0.5, 0.6) is 0 Å². The second-order valence-electron chi connectivity index (χ2n) is 7.93. The summed E-state index contributed by atoms with van der Waals surface area (Å²) in [5.41, 5.74) is 2.05. The molecule has 7 nitrogen and oxygen atoms in total. The van der Waals surface area contributed by atoms with Gasteiger partial charge in [0.05, 0.1) is 13.2 Å². The van der Waals surface area contributed by atoms with Crippen molar-refractivity contribution in [3.05, 3.63) is 89.7 Å². The fraction of sp³-hybridized carbons (Fsp3) is 0.240. The van der Waals surface area contributed by atoms with Gasteiger partial charge in [-0.05, 0) is 21.9 Å². The molecule has 5 rings (SSSR count). The molecule has 2 heterocycles. The standard InChI is InChI=1S/C25H25N5O2S/c26-30-22(17-20-11-6-10-18-7-4-5-12-21(18)20)27-28-25(30)33-23(19-8-2-1-3-9-19)24(31)29-13-15-32-16-14-29/h1-12,23H,13-17,26H2. The zero-order valence-electron chi connectivity index (χ0n) is 18.1. The summed E-state index contributed by atoms with van der Waals surface area (Å²) in [6.07, 6.45) is 0.554. The lowest BCUT2D eigenvalue weighted by Crippen LogP contribution is -2.42. The molecule has 1 unspecified atom stereocenters. The predicted molar refractivity (Wildman–Crippen MR) is 129 cm³/mol. The third-order valence-electron chi connectivity index (χ3n) is 5.84. The molecule has 0 radical (unpaired) electrons. The van der Waals surface area contributed by atoms with E-state index in [2.05, 4.69) is 34.5 Å². The van der Waals surface area contributed by atoms with Crippen molar-refractivity contribution < 1.29 is 9.53 Å². The Labute approximate surface area is 196 Å². The number of benzene rings is 3. The minimum absolute atomic E-state index is 0.0353. The van der Waals surface area contributed by atoms with Gasteiger partial charge in [-0.3, -0.25) is 4.79 Å². The van der Waals surface area contributed by atoms with Crippen LogP contribution in [-0.4, -0.2) is 52.0 Å². The Morgan fingerprint density at radius 2 is 1.70 bits per heavy atom. The van der Waals surface area contributed by atoms with Gasteiger partial charge in [0.25, 0.3) is 0 Å². The van der Waals surface area contributed by atoms with Crippen LogP contribution in [0.2, 0.25) is 0 Å². The van der Waals surface area contributed by atoms with Gasteiger partial charge in [-0.15, -0.1) is 10.2 Å². The summed E-state index contributed by atoms with van der Waals surface area (Å²) in [5.74, 6) is 7.11. The molecule has 0 saturated carbocycles. The van der Waals surface area contributed by atoms with Crippen molar-refractivity contribution >= 4 is 28.4 Å². The third kappa shape index (κ3) is 4.58. The first-order chi connectivity index (χ1) is 16.2. The third-order valence-corrected chi connectivity index (χ3v) is 7.03. The Kier molecular flexibility index (Phi) is 6.28. The van der Waals surface area contributed by atoms with E-state index < -0.39 is 5.25 Å². The fourth-order valence-electron chi connectivity index (χ4n) is 4.07. The molecule has 0 spiro atoms. The molecule has 1 saturated heterocycles. The SMILES string of the molecule is Nn1c(Cc2cccc3ccccc23)nnc1SC(C(=O)N1CCOCC1)c1ccccc1. The fourth-order valence-corrected chi connectivity index (χ4v) is 5.13. The summed E-state index contributed by atoms with van der Waals surface area (Å²) < 4.78 is 6.92. The van der Waals surface area contributed by atoms with Gasteiger partial charge in [-0.25, -0.2) is 4.68 Å². The van der Waals surface area contributed by atoms with E-state index in [0.717, 1.165) is 11.1 Å². The molecule has 1 atom stereocenters. The van der Waals surface area contributed by atoms with Gasteiger partial charge in [-0.1, -0.05) is 84.6 Å². The van der Waals surface area contributed by atoms with Crippen LogP contribution in [0.25, 0.3) is 10.8 Å². The molecule has 1 aliphatic rings. The van der Waals surface area contributed by atoms with Crippen molar-refractivity contribution in [2.75, 3.05) is 32.1 Å². The second kappa shape index (κ2) is 9.64. The van der Waals surface area contributed by atoms with Crippen molar-refractivity contribution in [2.24, 2.45) is 0 Å².